The molecule has 1 unspecified atom stereocenters. The van der Waals surface area contributed by atoms with E-state index < -0.39 is 0 Å². The first kappa shape index (κ1) is 13.3. The number of nitrogens with one attached hydrogen (secondary N) is 1. The number of hydrogen-bond acceptors (Lipinski definition) is 2. The molecule has 0 saturated carbocycles. The van der Waals surface area contributed by atoms with Crippen LogP contribution < -0.4 is 10.9 Å². The van der Waals surface area contributed by atoms with Gasteiger partial charge in [-0.3, -0.25) is 4.79 Å². The highest BCUT2D eigenvalue weighted by Gasteiger charge is 2.15. The van der Waals surface area contributed by atoms with Crippen LogP contribution in [0.25, 0.3) is 0 Å². The van der Waals surface area contributed by atoms with Crippen LogP contribution in [0, 0.1) is 5.92 Å². The molecule has 0 saturated heterocycles. The lowest BCUT2D eigenvalue weighted by molar-refractivity contribution is 0.413. The van der Waals surface area contributed by atoms with Crippen LogP contribution in [0.3, 0.4) is 0 Å². The Morgan fingerprint density at radius 3 is 2.78 bits per heavy atom. The molecule has 1 heterocycles. The Labute approximate surface area is 109 Å². The Kier molecular flexibility index (Phi) is 4.23. The average molecular weight is 248 g/mol. The SMILES string of the molecule is CC(C)C(C)NCCn1c2c(ccc1=O)CCC2. The van der Waals surface area contributed by atoms with Crippen LogP contribution in [0.15, 0.2) is 16.9 Å². The fourth-order valence-electron chi connectivity index (χ4n) is 2.52. The van der Waals surface area contributed by atoms with E-state index in [1.54, 1.807) is 6.07 Å². The third-order valence-electron chi connectivity index (χ3n) is 4.05. The van der Waals surface area contributed by atoms with Crippen molar-refractivity contribution in [1.82, 2.24) is 9.88 Å². The quantitative estimate of drug-likeness (QED) is 0.864. The third kappa shape index (κ3) is 2.83. The highest BCUT2D eigenvalue weighted by molar-refractivity contribution is 5.25. The number of pyridine rings is 1. The molecule has 0 amide bonds. The van der Waals surface area contributed by atoms with E-state index in [-0.39, 0.29) is 5.56 Å². The molecular formula is C15H24N2O. The molecule has 2 rings (SSSR count). The molecule has 0 spiro atoms. The molecule has 0 bridgehead atoms. The van der Waals surface area contributed by atoms with Crippen LogP contribution in [0.4, 0.5) is 0 Å². The molecule has 18 heavy (non-hydrogen) atoms. The van der Waals surface area contributed by atoms with Crippen LogP contribution in [0.2, 0.25) is 0 Å². The van der Waals surface area contributed by atoms with Crippen LogP contribution >= 0.6 is 0 Å². The van der Waals surface area contributed by atoms with Gasteiger partial charge >= 0.3 is 0 Å². The Morgan fingerprint density at radius 2 is 2.06 bits per heavy atom. The summed E-state index contributed by atoms with van der Waals surface area (Å²) in [5, 5.41) is 3.49. The first-order valence-electron chi connectivity index (χ1n) is 7.04. The number of fused-ring (bicyclic) bond motifs is 1. The molecule has 3 nitrogen and oxygen atoms in total. The van der Waals surface area contributed by atoms with E-state index in [0.29, 0.717) is 12.0 Å². The molecule has 1 N–H and O–H groups in total. The maximum absolute atomic E-state index is 11.9. The van der Waals surface area contributed by atoms with Crippen LogP contribution in [0.5, 0.6) is 0 Å². The fraction of sp³-hybridized carbons (Fsp3) is 0.667. The fourth-order valence-corrected chi connectivity index (χ4v) is 2.52. The lowest BCUT2D eigenvalue weighted by Gasteiger charge is -2.18. The highest BCUT2D eigenvalue weighted by Crippen LogP contribution is 2.19. The number of aryl methyl sites for hydroxylation is 1. The third-order valence-corrected chi connectivity index (χ3v) is 4.05. The number of aromatic nitrogens is 1. The minimum absolute atomic E-state index is 0.148. The van der Waals surface area contributed by atoms with Gasteiger partial charge in [0.2, 0.25) is 0 Å². The van der Waals surface area contributed by atoms with Crippen molar-refractivity contribution in [2.24, 2.45) is 5.92 Å². The minimum atomic E-state index is 0.148. The van der Waals surface area contributed by atoms with E-state index in [2.05, 4.69) is 26.1 Å². The van der Waals surface area contributed by atoms with Gasteiger partial charge < -0.3 is 9.88 Å². The van der Waals surface area contributed by atoms with Gasteiger partial charge in [-0.1, -0.05) is 19.9 Å². The Hall–Kier alpha value is -1.09. The van der Waals surface area contributed by atoms with E-state index in [0.717, 1.165) is 25.9 Å². The van der Waals surface area contributed by atoms with E-state index in [1.807, 2.05) is 10.6 Å². The second-order valence-corrected chi connectivity index (χ2v) is 5.64. The lowest BCUT2D eigenvalue weighted by atomic mass is 10.1. The molecular weight excluding hydrogens is 224 g/mol. The lowest BCUT2D eigenvalue weighted by Crippen LogP contribution is -2.35. The molecule has 1 aromatic rings. The molecule has 3 heteroatoms. The van der Waals surface area contributed by atoms with Gasteiger partial charge in [-0.05, 0) is 37.7 Å². The molecule has 0 fully saturated rings. The van der Waals surface area contributed by atoms with E-state index in [9.17, 15) is 4.79 Å². The van der Waals surface area contributed by atoms with Crippen molar-refractivity contribution in [1.29, 1.82) is 0 Å². The number of hydrogen-bond donors (Lipinski definition) is 1. The number of nitrogens with zero attached hydrogens (tertiary/aromatic N) is 1. The largest absolute Gasteiger partial charge is 0.312 e. The summed E-state index contributed by atoms with van der Waals surface area (Å²) in [6.07, 6.45) is 3.38. The summed E-state index contributed by atoms with van der Waals surface area (Å²) < 4.78 is 1.96. The van der Waals surface area contributed by atoms with Crippen LogP contribution in [-0.2, 0) is 19.4 Å². The zero-order valence-electron chi connectivity index (χ0n) is 11.7. The van der Waals surface area contributed by atoms with Gasteiger partial charge in [0.15, 0.2) is 0 Å². The Morgan fingerprint density at radius 1 is 1.28 bits per heavy atom. The van der Waals surface area contributed by atoms with Crippen molar-refractivity contribution in [3.05, 3.63) is 33.7 Å². The Bertz CT molecular complexity index is 462. The summed E-state index contributed by atoms with van der Waals surface area (Å²) in [6, 6.07) is 4.22. The normalized spacial score (nSPS) is 16.0. The zero-order chi connectivity index (χ0) is 13.1. The maximum atomic E-state index is 11.9. The maximum Gasteiger partial charge on any atom is 0.250 e. The zero-order valence-corrected chi connectivity index (χ0v) is 11.7. The molecule has 1 aromatic heterocycles. The first-order chi connectivity index (χ1) is 8.59. The van der Waals surface area contributed by atoms with Crippen molar-refractivity contribution in [2.45, 2.75) is 52.6 Å². The van der Waals surface area contributed by atoms with E-state index >= 15 is 0 Å². The van der Waals surface area contributed by atoms with Gasteiger partial charge in [-0.2, -0.15) is 0 Å². The van der Waals surface area contributed by atoms with Crippen molar-refractivity contribution in [2.75, 3.05) is 6.54 Å². The van der Waals surface area contributed by atoms with Gasteiger partial charge in [-0.15, -0.1) is 0 Å². The minimum Gasteiger partial charge on any atom is -0.312 e. The number of rotatable bonds is 5. The molecule has 0 aliphatic heterocycles. The van der Waals surface area contributed by atoms with Gasteiger partial charge in [0.05, 0.1) is 0 Å². The summed E-state index contributed by atoms with van der Waals surface area (Å²) in [6.45, 7) is 8.28. The van der Waals surface area contributed by atoms with Crippen molar-refractivity contribution < 1.29 is 0 Å². The summed E-state index contributed by atoms with van der Waals surface area (Å²) in [4.78, 5) is 11.9. The molecule has 1 aliphatic carbocycles. The second-order valence-electron chi connectivity index (χ2n) is 5.64. The standard InChI is InChI=1S/C15H24N2O/c1-11(2)12(3)16-9-10-17-14-6-4-5-13(14)7-8-15(17)18/h7-8,11-12,16H,4-6,9-10H2,1-3H3. The highest BCUT2D eigenvalue weighted by atomic mass is 16.1. The summed E-state index contributed by atoms with van der Waals surface area (Å²) in [5.41, 5.74) is 2.78. The van der Waals surface area contributed by atoms with Gasteiger partial charge in [0.25, 0.3) is 5.56 Å². The van der Waals surface area contributed by atoms with E-state index in [1.165, 1.54) is 17.7 Å². The topological polar surface area (TPSA) is 34.0 Å². The molecule has 0 radical (unpaired) electrons. The summed E-state index contributed by atoms with van der Waals surface area (Å²) >= 11 is 0. The van der Waals surface area contributed by atoms with Gasteiger partial charge in [-0.25, -0.2) is 0 Å². The van der Waals surface area contributed by atoms with Crippen LogP contribution in [-0.4, -0.2) is 17.2 Å². The van der Waals surface area contributed by atoms with Crippen LogP contribution in [0.1, 0.15) is 38.4 Å². The monoisotopic (exact) mass is 248 g/mol. The molecule has 1 aliphatic rings. The van der Waals surface area contributed by atoms with Gasteiger partial charge in [0.1, 0.15) is 0 Å². The molecule has 100 valence electrons. The first-order valence-corrected chi connectivity index (χ1v) is 7.04. The molecule has 0 aromatic carbocycles. The second kappa shape index (κ2) is 5.70. The summed E-state index contributed by atoms with van der Waals surface area (Å²) in [7, 11) is 0. The van der Waals surface area contributed by atoms with E-state index in [4.69, 9.17) is 0 Å². The Balaban J connectivity index is 2.02. The molecule has 1 atom stereocenters. The van der Waals surface area contributed by atoms with Crippen molar-refractivity contribution >= 4 is 0 Å². The smallest absolute Gasteiger partial charge is 0.250 e. The summed E-state index contributed by atoms with van der Waals surface area (Å²) in [5.74, 6) is 0.628. The predicted molar refractivity (Wildman–Crippen MR) is 75.0 cm³/mol. The van der Waals surface area contributed by atoms with Gasteiger partial charge in [0, 0.05) is 30.9 Å². The average Bonchev–Trinajstić information content (AvgIpc) is 2.79. The van der Waals surface area contributed by atoms with Crippen molar-refractivity contribution in [3.63, 3.8) is 0 Å². The van der Waals surface area contributed by atoms with Crippen molar-refractivity contribution in [3.8, 4) is 0 Å². The predicted octanol–water partition coefficient (Wildman–Crippen LogP) is 1.97.